The summed E-state index contributed by atoms with van der Waals surface area (Å²) in [6.45, 7) is 6.52. The standard InChI is InChI=1S/C18H24ClNO4/c1-18(2,3)24-17(23)20-10-8-13(9-11-20)15(16(21)22)12-4-6-14(19)7-5-12/h4-7,13,15H,8-11H2,1-3H3,(H,21,22). The summed E-state index contributed by atoms with van der Waals surface area (Å²) in [6.07, 6.45) is 0.942. The minimum Gasteiger partial charge on any atom is -0.481 e. The Bertz CT molecular complexity index is 586. The zero-order valence-corrected chi connectivity index (χ0v) is 15.0. The average molecular weight is 354 g/mol. The molecule has 1 amide bonds. The van der Waals surface area contributed by atoms with E-state index in [0.29, 0.717) is 31.0 Å². The highest BCUT2D eigenvalue weighted by molar-refractivity contribution is 6.30. The number of benzene rings is 1. The molecular formula is C18H24ClNO4. The normalized spacial score (nSPS) is 17.4. The van der Waals surface area contributed by atoms with Crippen molar-refractivity contribution in [3.8, 4) is 0 Å². The van der Waals surface area contributed by atoms with Crippen molar-refractivity contribution in [3.63, 3.8) is 0 Å². The molecule has 1 N–H and O–H groups in total. The third kappa shape index (κ3) is 4.87. The van der Waals surface area contributed by atoms with Gasteiger partial charge in [-0.2, -0.15) is 0 Å². The van der Waals surface area contributed by atoms with Gasteiger partial charge in [-0.25, -0.2) is 4.79 Å². The Morgan fingerprint density at radius 2 is 1.75 bits per heavy atom. The van der Waals surface area contributed by atoms with E-state index in [-0.39, 0.29) is 12.0 Å². The third-order valence-corrected chi connectivity index (χ3v) is 4.41. The van der Waals surface area contributed by atoms with Crippen molar-refractivity contribution in [1.29, 1.82) is 0 Å². The lowest BCUT2D eigenvalue weighted by atomic mass is 9.80. The van der Waals surface area contributed by atoms with Crippen LogP contribution in [0.3, 0.4) is 0 Å². The highest BCUT2D eigenvalue weighted by Gasteiger charge is 2.34. The molecule has 132 valence electrons. The number of hydrogen-bond donors (Lipinski definition) is 1. The minimum absolute atomic E-state index is 0.0117. The summed E-state index contributed by atoms with van der Waals surface area (Å²) in [5.74, 6) is -1.43. The fourth-order valence-electron chi connectivity index (χ4n) is 3.03. The minimum atomic E-state index is -0.840. The van der Waals surface area contributed by atoms with Crippen LogP contribution in [0.4, 0.5) is 4.79 Å². The summed E-state index contributed by atoms with van der Waals surface area (Å²) in [5.41, 5.74) is 0.225. The van der Waals surface area contributed by atoms with Crippen molar-refractivity contribution in [2.24, 2.45) is 5.92 Å². The Morgan fingerprint density at radius 1 is 1.21 bits per heavy atom. The van der Waals surface area contributed by atoms with Crippen molar-refractivity contribution in [1.82, 2.24) is 4.90 Å². The number of carbonyl (C=O) groups excluding carboxylic acids is 1. The number of carbonyl (C=O) groups is 2. The molecule has 6 heteroatoms. The van der Waals surface area contributed by atoms with Gasteiger partial charge in [-0.05, 0) is 57.2 Å². The van der Waals surface area contributed by atoms with Gasteiger partial charge < -0.3 is 14.7 Å². The molecule has 2 rings (SSSR count). The van der Waals surface area contributed by atoms with E-state index in [1.807, 2.05) is 20.8 Å². The zero-order valence-electron chi connectivity index (χ0n) is 14.3. The monoisotopic (exact) mass is 353 g/mol. The average Bonchev–Trinajstić information content (AvgIpc) is 2.48. The third-order valence-electron chi connectivity index (χ3n) is 4.16. The number of carboxylic acid groups (broad SMARTS) is 1. The SMILES string of the molecule is CC(C)(C)OC(=O)N1CCC(C(C(=O)O)c2ccc(Cl)cc2)CC1. The van der Waals surface area contributed by atoms with E-state index in [1.54, 1.807) is 29.2 Å². The number of likely N-dealkylation sites (tertiary alicyclic amines) is 1. The van der Waals surface area contributed by atoms with Crippen LogP contribution in [-0.4, -0.2) is 40.8 Å². The molecule has 1 aromatic rings. The maximum Gasteiger partial charge on any atom is 0.410 e. The van der Waals surface area contributed by atoms with Crippen molar-refractivity contribution >= 4 is 23.7 Å². The van der Waals surface area contributed by atoms with E-state index in [2.05, 4.69) is 0 Å². The molecule has 1 aliphatic heterocycles. The number of nitrogens with zero attached hydrogens (tertiary/aromatic N) is 1. The van der Waals surface area contributed by atoms with Gasteiger partial charge in [0.1, 0.15) is 5.60 Å². The summed E-state index contributed by atoms with van der Waals surface area (Å²) in [5, 5.41) is 10.2. The number of ether oxygens (including phenoxy) is 1. The second-order valence-corrected chi connectivity index (χ2v) is 7.61. The van der Waals surface area contributed by atoms with Crippen LogP contribution in [0.15, 0.2) is 24.3 Å². The number of aliphatic carboxylic acids is 1. The van der Waals surface area contributed by atoms with Crippen LogP contribution in [0.2, 0.25) is 5.02 Å². The molecule has 0 spiro atoms. The van der Waals surface area contributed by atoms with Crippen LogP contribution in [0.25, 0.3) is 0 Å². The molecule has 1 unspecified atom stereocenters. The summed E-state index contributed by atoms with van der Waals surface area (Å²) < 4.78 is 5.37. The molecule has 0 aliphatic carbocycles. The fourth-order valence-corrected chi connectivity index (χ4v) is 3.15. The van der Waals surface area contributed by atoms with Crippen molar-refractivity contribution in [3.05, 3.63) is 34.9 Å². The summed E-state index contributed by atoms with van der Waals surface area (Å²) in [7, 11) is 0. The largest absolute Gasteiger partial charge is 0.481 e. The van der Waals surface area contributed by atoms with Gasteiger partial charge in [-0.1, -0.05) is 23.7 Å². The number of carboxylic acids is 1. The van der Waals surface area contributed by atoms with Gasteiger partial charge in [-0.15, -0.1) is 0 Å². The second kappa shape index (κ2) is 7.43. The lowest BCUT2D eigenvalue weighted by molar-refractivity contribution is -0.140. The van der Waals surface area contributed by atoms with E-state index in [1.165, 1.54) is 0 Å². The van der Waals surface area contributed by atoms with Crippen molar-refractivity contribution < 1.29 is 19.4 Å². The van der Waals surface area contributed by atoms with Gasteiger partial charge in [0.2, 0.25) is 0 Å². The Morgan fingerprint density at radius 3 is 2.21 bits per heavy atom. The molecule has 1 heterocycles. The first kappa shape index (κ1) is 18.6. The highest BCUT2D eigenvalue weighted by Crippen LogP contribution is 2.34. The van der Waals surface area contributed by atoms with E-state index in [0.717, 1.165) is 5.56 Å². The molecule has 1 fully saturated rings. The van der Waals surface area contributed by atoms with Crippen molar-refractivity contribution in [2.75, 3.05) is 13.1 Å². The van der Waals surface area contributed by atoms with Gasteiger partial charge in [0.15, 0.2) is 0 Å². The zero-order chi connectivity index (χ0) is 17.9. The van der Waals surface area contributed by atoms with Gasteiger partial charge in [-0.3, -0.25) is 4.79 Å². The second-order valence-electron chi connectivity index (χ2n) is 7.17. The van der Waals surface area contributed by atoms with Crippen LogP contribution < -0.4 is 0 Å². The molecule has 0 aromatic heterocycles. The topological polar surface area (TPSA) is 66.8 Å². The molecule has 1 aliphatic rings. The summed E-state index contributed by atoms with van der Waals surface area (Å²) in [4.78, 5) is 25.5. The van der Waals surface area contributed by atoms with Crippen LogP contribution in [0.1, 0.15) is 45.1 Å². The first-order chi connectivity index (χ1) is 11.2. The maximum atomic E-state index is 12.1. The van der Waals surface area contributed by atoms with Crippen LogP contribution >= 0.6 is 11.6 Å². The fraction of sp³-hybridized carbons (Fsp3) is 0.556. The summed E-state index contributed by atoms with van der Waals surface area (Å²) >= 11 is 5.88. The Kier molecular flexibility index (Phi) is 5.75. The smallest absolute Gasteiger partial charge is 0.410 e. The van der Waals surface area contributed by atoms with E-state index in [9.17, 15) is 14.7 Å². The number of amides is 1. The predicted molar refractivity (Wildman–Crippen MR) is 92.4 cm³/mol. The van der Waals surface area contributed by atoms with Gasteiger partial charge in [0.05, 0.1) is 5.92 Å². The van der Waals surface area contributed by atoms with Gasteiger partial charge in [0, 0.05) is 18.1 Å². The number of piperidine rings is 1. The van der Waals surface area contributed by atoms with E-state index < -0.39 is 17.5 Å². The molecular weight excluding hydrogens is 330 g/mol. The summed E-state index contributed by atoms with van der Waals surface area (Å²) in [6, 6.07) is 6.95. The quantitative estimate of drug-likeness (QED) is 0.886. The Balaban J connectivity index is 2.02. The molecule has 0 radical (unpaired) electrons. The van der Waals surface area contributed by atoms with Crippen molar-refractivity contribution in [2.45, 2.75) is 45.1 Å². The first-order valence-electron chi connectivity index (χ1n) is 8.13. The Hall–Kier alpha value is -1.75. The van der Waals surface area contributed by atoms with Crippen LogP contribution in [0, 0.1) is 5.92 Å². The maximum absolute atomic E-state index is 12.1. The number of rotatable bonds is 3. The molecule has 0 bridgehead atoms. The van der Waals surface area contributed by atoms with Gasteiger partial charge in [0.25, 0.3) is 0 Å². The van der Waals surface area contributed by atoms with Gasteiger partial charge >= 0.3 is 12.1 Å². The molecule has 24 heavy (non-hydrogen) atoms. The molecule has 1 atom stereocenters. The van der Waals surface area contributed by atoms with E-state index >= 15 is 0 Å². The van der Waals surface area contributed by atoms with Crippen LogP contribution in [0.5, 0.6) is 0 Å². The lowest BCUT2D eigenvalue weighted by Crippen LogP contribution is -2.43. The van der Waals surface area contributed by atoms with Crippen LogP contribution in [-0.2, 0) is 9.53 Å². The number of hydrogen-bond acceptors (Lipinski definition) is 3. The molecule has 1 aromatic carbocycles. The molecule has 5 nitrogen and oxygen atoms in total. The number of halogens is 1. The molecule has 1 saturated heterocycles. The Labute approximate surface area is 147 Å². The lowest BCUT2D eigenvalue weighted by Gasteiger charge is -2.35. The highest BCUT2D eigenvalue weighted by atomic mass is 35.5. The first-order valence-corrected chi connectivity index (χ1v) is 8.51. The molecule has 0 saturated carbocycles. The predicted octanol–water partition coefficient (Wildman–Crippen LogP) is 4.16. The van der Waals surface area contributed by atoms with E-state index in [4.69, 9.17) is 16.3 Å².